The maximum atomic E-state index is 14.6. The first-order valence-corrected chi connectivity index (χ1v) is 10.9. The topological polar surface area (TPSA) is 53.4 Å². The fourth-order valence-corrected chi connectivity index (χ4v) is 4.04. The Hall–Kier alpha value is -4.28. The SMILES string of the molecule is O=c1nc(OCc2ccc(Oc3ccc(F)c(C(F)(F)F)c3)c(F)c2)cc2n1CCc1cc(F)ccc1-2. The normalized spacial score (nSPS) is 12.6. The number of hydrogen-bond acceptors (Lipinski definition) is 4. The minimum Gasteiger partial charge on any atom is -0.473 e. The van der Waals surface area contributed by atoms with Gasteiger partial charge in [-0.25, -0.2) is 18.0 Å². The predicted octanol–water partition coefficient (Wildman–Crippen LogP) is 6.27. The fraction of sp³-hybridized carbons (Fsp3) is 0.154. The van der Waals surface area contributed by atoms with E-state index in [0.29, 0.717) is 41.9 Å². The minimum atomic E-state index is -4.94. The van der Waals surface area contributed by atoms with E-state index < -0.39 is 34.8 Å². The molecule has 0 atom stereocenters. The summed E-state index contributed by atoms with van der Waals surface area (Å²) in [6.45, 7) is 0.154. The number of nitrogens with zero attached hydrogens (tertiary/aromatic N) is 2. The van der Waals surface area contributed by atoms with Gasteiger partial charge in [-0.2, -0.15) is 18.2 Å². The van der Waals surface area contributed by atoms with Crippen LogP contribution in [0.5, 0.6) is 17.4 Å². The highest BCUT2D eigenvalue weighted by Gasteiger charge is 2.34. The fourth-order valence-electron chi connectivity index (χ4n) is 4.04. The number of rotatable bonds is 5. The summed E-state index contributed by atoms with van der Waals surface area (Å²) < 4.78 is 92.6. The summed E-state index contributed by atoms with van der Waals surface area (Å²) in [6.07, 6.45) is -4.46. The first kappa shape index (κ1) is 24.4. The van der Waals surface area contributed by atoms with Crippen molar-refractivity contribution in [3.8, 4) is 28.6 Å². The molecule has 0 fully saturated rings. The van der Waals surface area contributed by atoms with E-state index >= 15 is 0 Å². The molecule has 0 radical (unpaired) electrons. The summed E-state index contributed by atoms with van der Waals surface area (Å²) in [5, 5.41) is 0. The van der Waals surface area contributed by atoms with Crippen LogP contribution in [0.1, 0.15) is 16.7 Å². The molecular weight excluding hydrogens is 502 g/mol. The van der Waals surface area contributed by atoms with Crippen LogP contribution in [0, 0.1) is 17.5 Å². The Morgan fingerprint density at radius 3 is 2.49 bits per heavy atom. The molecule has 1 aromatic heterocycles. The molecule has 0 saturated carbocycles. The quantitative estimate of drug-likeness (QED) is 0.292. The second-order valence-electron chi connectivity index (χ2n) is 8.26. The monoisotopic (exact) mass is 518 g/mol. The molecule has 0 bridgehead atoms. The molecule has 4 aromatic rings. The van der Waals surface area contributed by atoms with Crippen molar-refractivity contribution in [3.63, 3.8) is 0 Å². The average Bonchev–Trinajstić information content (AvgIpc) is 2.84. The Kier molecular flexibility index (Phi) is 6.14. The van der Waals surface area contributed by atoms with Crippen LogP contribution < -0.4 is 15.2 Å². The Balaban J connectivity index is 1.33. The van der Waals surface area contributed by atoms with Crippen molar-refractivity contribution < 1.29 is 35.8 Å². The van der Waals surface area contributed by atoms with Crippen molar-refractivity contribution in [2.45, 2.75) is 25.7 Å². The molecule has 5 rings (SSSR count). The molecule has 3 aromatic carbocycles. The zero-order chi connectivity index (χ0) is 26.3. The summed E-state index contributed by atoms with van der Waals surface area (Å²) >= 11 is 0. The summed E-state index contributed by atoms with van der Waals surface area (Å²) in [7, 11) is 0. The van der Waals surface area contributed by atoms with E-state index in [0.717, 1.165) is 17.7 Å². The van der Waals surface area contributed by atoms with Crippen molar-refractivity contribution in [1.29, 1.82) is 0 Å². The highest BCUT2D eigenvalue weighted by molar-refractivity contribution is 5.66. The van der Waals surface area contributed by atoms with Gasteiger partial charge in [-0.05, 0) is 66.1 Å². The molecule has 11 heteroatoms. The smallest absolute Gasteiger partial charge is 0.419 e. The van der Waals surface area contributed by atoms with E-state index in [4.69, 9.17) is 9.47 Å². The van der Waals surface area contributed by atoms with E-state index in [1.54, 1.807) is 6.07 Å². The Morgan fingerprint density at radius 2 is 1.73 bits per heavy atom. The molecule has 37 heavy (non-hydrogen) atoms. The maximum Gasteiger partial charge on any atom is 0.419 e. The van der Waals surface area contributed by atoms with Gasteiger partial charge < -0.3 is 9.47 Å². The summed E-state index contributed by atoms with van der Waals surface area (Å²) in [6, 6.07) is 11.4. The molecule has 0 unspecified atom stereocenters. The van der Waals surface area contributed by atoms with Crippen molar-refractivity contribution in [3.05, 3.63) is 105 Å². The van der Waals surface area contributed by atoms with Crippen LogP contribution in [0.25, 0.3) is 11.3 Å². The number of aryl methyl sites for hydroxylation is 1. The second-order valence-corrected chi connectivity index (χ2v) is 8.26. The van der Waals surface area contributed by atoms with Crippen LogP contribution in [0.2, 0.25) is 0 Å². The molecule has 0 saturated heterocycles. The first-order valence-electron chi connectivity index (χ1n) is 10.9. The van der Waals surface area contributed by atoms with Gasteiger partial charge in [0.05, 0.1) is 11.3 Å². The van der Waals surface area contributed by atoms with E-state index in [-0.39, 0.29) is 24.1 Å². The molecule has 0 spiro atoms. The van der Waals surface area contributed by atoms with E-state index in [9.17, 15) is 31.1 Å². The summed E-state index contributed by atoms with van der Waals surface area (Å²) in [5.74, 6) is -3.53. The molecule has 5 nitrogen and oxygen atoms in total. The zero-order valence-electron chi connectivity index (χ0n) is 18.8. The van der Waals surface area contributed by atoms with Gasteiger partial charge in [0, 0.05) is 18.2 Å². The number of aromatic nitrogens is 2. The third-order valence-corrected chi connectivity index (χ3v) is 5.79. The van der Waals surface area contributed by atoms with Gasteiger partial charge in [0.2, 0.25) is 5.88 Å². The Bertz CT molecular complexity index is 1570. The van der Waals surface area contributed by atoms with Gasteiger partial charge >= 0.3 is 11.9 Å². The highest BCUT2D eigenvalue weighted by Crippen LogP contribution is 2.35. The summed E-state index contributed by atoms with van der Waals surface area (Å²) in [5.41, 5.74) is 0.189. The van der Waals surface area contributed by atoms with Crippen molar-refractivity contribution >= 4 is 0 Å². The van der Waals surface area contributed by atoms with Gasteiger partial charge in [0.1, 0.15) is 24.0 Å². The molecule has 0 amide bonds. The number of fused-ring (bicyclic) bond motifs is 3. The van der Waals surface area contributed by atoms with Gasteiger partial charge in [-0.1, -0.05) is 6.07 Å². The van der Waals surface area contributed by atoms with Crippen molar-refractivity contribution in [2.24, 2.45) is 0 Å². The molecule has 1 aliphatic rings. The van der Waals surface area contributed by atoms with Crippen molar-refractivity contribution in [2.75, 3.05) is 0 Å². The number of ether oxygens (including phenoxy) is 2. The van der Waals surface area contributed by atoms with Crippen LogP contribution in [0.3, 0.4) is 0 Å². The largest absolute Gasteiger partial charge is 0.473 e. The van der Waals surface area contributed by atoms with Crippen LogP contribution in [0.4, 0.5) is 26.3 Å². The lowest BCUT2D eigenvalue weighted by molar-refractivity contribution is -0.140. The van der Waals surface area contributed by atoms with E-state index in [2.05, 4.69) is 4.98 Å². The van der Waals surface area contributed by atoms with Crippen LogP contribution in [-0.2, 0) is 25.7 Å². The second kappa shape index (κ2) is 9.30. The predicted molar refractivity (Wildman–Crippen MR) is 120 cm³/mol. The standard InChI is InChI=1S/C26H16F6N2O3/c27-16-2-4-18-15(10-16)7-8-34-22(18)12-24(33-25(34)35)36-13-14-1-6-23(21(29)9-14)37-17-3-5-20(28)19(11-17)26(30,31)32/h1-6,9-12H,7-8,13H2. The lowest BCUT2D eigenvalue weighted by Crippen LogP contribution is -2.28. The molecular formula is C26H16F6N2O3. The number of alkyl halides is 3. The average molecular weight is 518 g/mol. The van der Waals surface area contributed by atoms with Gasteiger partial charge in [-0.3, -0.25) is 4.57 Å². The van der Waals surface area contributed by atoms with Crippen molar-refractivity contribution in [1.82, 2.24) is 9.55 Å². The van der Waals surface area contributed by atoms with E-state index in [1.807, 2.05) is 0 Å². The molecule has 2 heterocycles. The number of halogens is 6. The minimum absolute atomic E-state index is 0.0137. The molecule has 1 aliphatic heterocycles. The van der Waals surface area contributed by atoms with E-state index in [1.165, 1.54) is 34.9 Å². The molecule has 0 N–H and O–H groups in total. The van der Waals surface area contributed by atoms with Crippen LogP contribution in [0.15, 0.2) is 65.5 Å². The van der Waals surface area contributed by atoms with Crippen LogP contribution in [-0.4, -0.2) is 9.55 Å². The highest BCUT2D eigenvalue weighted by atomic mass is 19.4. The third-order valence-electron chi connectivity index (χ3n) is 5.79. The molecule has 0 aliphatic carbocycles. The zero-order valence-corrected chi connectivity index (χ0v) is 18.8. The van der Waals surface area contributed by atoms with Gasteiger partial charge in [0.25, 0.3) is 0 Å². The van der Waals surface area contributed by atoms with Gasteiger partial charge in [0.15, 0.2) is 11.6 Å². The number of benzene rings is 3. The molecule has 190 valence electrons. The van der Waals surface area contributed by atoms with Crippen LogP contribution >= 0.6 is 0 Å². The maximum absolute atomic E-state index is 14.6. The Labute approximate surface area is 205 Å². The first-order chi connectivity index (χ1) is 17.6. The third kappa shape index (κ3) is 5.02. The van der Waals surface area contributed by atoms with Gasteiger partial charge in [-0.15, -0.1) is 0 Å². The lowest BCUT2D eigenvalue weighted by Gasteiger charge is -2.21. The lowest BCUT2D eigenvalue weighted by atomic mass is 9.98. The Morgan fingerprint density at radius 1 is 0.919 bits per heavy atom. The number of hydrogen-bond donors (Lipinski definition) is 0. The summed E-state index contributed by atoms with van der Waals surface area (Å²) in [4.78, 5) is 16.4.